The van der Waals surface area contributed by atoms with Crippen LogP contribution in [0, 0.1) is 0 Å². The summed E-state index contributed by atoms with van der Waals surface area (Å²) < 4.78 is 0. The molecular weight excluding hydrogens is 204 g/mol. The molecule has 2 rings (SSSR count). The van der Waals surface area contributed by atoms with Gasteiger partial charge in [-0.15, -0.1) is 0 Å². The summed E-state index contributed by atoms with van der Waals surface area (Å²) in [5, 5.41) is 0. The van der Waals surface area contributed by atoms with Crippen LogP contribution in [0.25, 0.3) is 0 Å². The topological polar surface area (TPSA) is 85.2 Å². The Bertz CT molecular complexity index is 393. The summed E-state index contributed by atoms with van der Waals surface area (Å²) in [4.78, 5) is 17.3. The molecule has 1 aliphatic rings. The molecule has 1 unspecified atom stereocenters. The Morgan fingerprint density at radius 1 is 1.50 bits per heavy atom. The van der Waals surface area contributed by atoms with Crippen molar-refractivity contribution in [3.05, 3.63) is 18.5 Å². The van der Waals surface area contributed by atoms with E-state index in [4.69, 9.17) is 11.5 Å². The summed E-state index contributed by atoms with van der Waals surface area (Å²) in [7, 11) is 0. The Morgan fingerprint density at radius 3 is 3.00 bits per heavy atom. The molecule has 86 valence electrons. The largest absolute Gasteiger partial charge is 0.396 e. The van der Waals surface area contributed by atoms with Crippen LogP contribution in [-0.2, 0) is 4.79 Å². The number of hydrogen-bond acceptors (Lipinski definition) is 4. The number of rotatable bonds is 2. The molecule has 1 atom stereocenters. The molecule has 1 amide bonds. The highest BCUT2D eigenvalue weighted by Gasteiger charge is 2.27. The molecule has 1 aliphatic heterocycles. The SMILES string of the molecule is NC(=O)C1CCCCN1c1ccncc1N. The van der Waals surface area contributed by atoms with Crippen LogP contribution in [-0.4, -0.2) is 23.5 Å². The van der Waals surface area contributed by atoms with Gasteiger partial charge < -0.3 is 16.4 Å². The van der Waals surface area contributed by atoms with Gasteiger partial charge in [0.15, 0.2) is 0 Å². The highest BCUT2D eigenvalue weighted by Crippen LogP contribution is 2.28. The Kier molecular flexibility index (Phi) is 2.94. The molecule has 0 radical (unpaired) electrons. The van der Waals surface area contributed by atoms with E-state index in [-0.39, 0.29) is 11.9 Å². The lowest BCUT2D eigenvalue weighted by atomic mass is 10.0. The van der Waals surface area contributed by atoms with Gasteiger partial charge in [0.1, 0.15) is 6.04 Å². The molecule has 2 heterocycles. The van der Waals surface area contributed by atoms with Crippen molar-refractivity contribution in [3.8, 4) is 0 Å². The van der Waals surface area contributed by atoms with E-state index in [0.29, 0.717) is 5.69 Å². The van der Waals surface area contributed by atoms with Gasteiger partial charge in [-0.1, -0.05) is 0 Å². The molecule has 1 aromatic rings. The smallest absolute Gasteiger partial charge is 0.240 e. The molecule has 1 fully saturated rings. The van der Waals surface area contributed by atoms with Crippen LogP contribution in [0.2, 0.25) is 0 Å². The number of carbonyl (C=O) groups excluding carboxylic acids is 1. The van der Waals surface area contributed by atoms with Gasteiger partial charge in [0.25, 0.3) is 0 Å². The van der Waals surface area contributed by atoms with E-state index in [1.807, 2.05) is 11.0 Å². The second-order valence-electron chi connectivity index (χ2n) is 4.04. The lowest BCUT2D eigenvalue weighted by Crippen LogP contribution is -2.48. The summed E-state index contributed by atoms with van der Waals surface area (Å²) >= 11 is 0. The van der Waals surface area contributed by atoms with Gasteiger partial charge in [-0.25, -0.2) is 0 Å². The molecule has 0 spiro atoms. The number of hydrogen-bond donors (Lipinski definition) is 2. The average Bonchev–Trinajstić information content (AvgIpc) is 2.29. The first-order valence-electron chi connectivity index (χ1n) is 5.45. The molecule has 16 heavy (non-hydrogen) atoms. The number of amides is 1. The van der Waals surface area contributed by atoms with Crippen molar-refractivity contribution in [3.63, 3.8) is 0 Å². The number of nitrogens with two attached hydrogens (primary N) is 2. The summed E-state index contributed by atoms with van der Waals surface area (Å²) in [5.41, 5.74) is 12.7. The molecular formula is C11H16N4O. The molecule has 1 saturated heterocycles. The minimum atomic E-state index is -0.282. The van der Waals surface area contributed by atoms with Gasteiger partial charge in [0, 0.05) is 12.7 Å². The number of primary amides is 1. The van der Waals surface area contributed by atoms with Gasteiger partial charge in [-0.2, -0.15) is 0 Å². The Labute approximate surface area is 94.4 Å². The summed E-state index contributed by atoms with van der Waals surface area (Å²) in [6.45, 7) is 0.821. The number of carbonyl (C=O) groups is 1. The van der Waals surface area contributed by atoms with Crippen molar-refractivity contribution in [2.45, 2.75) is 25.3 Å². The van der Waals surface area contributed by atoms with E-state index in [2.05, 4.69) is 4.98 Å². The average molecular weight is 220 g/mol. The summed E-state index contributed by atoms with van der Waals surface area (Å²) in [6.07, 6.45) is 6.18. The van der Waals surface area contributed by atoms with Crippen molar-refractivity contribution in [1.82, 2.24) is 4.98 Å². The minimum Gasteiger partial charge on any atom is -0.396 e. The number of pyridine rings is 1. The maximum Gasteiger partial charge on any atom is 0.240 e. The number of anilines is 2. The number of piperidine rings is 1. The summed E-state index contributed by atoms with van der Waals surface area (Å²) in [5.74, 6) is -0.282. The van der Waals surface area contributed by atoms with Crippen LogP contribution >= 0.6 is 0 Å². The normalized spacial score (nSPS) is 20.8. The van der Waals surface area contributed by atoms with E-state index in [1.165, 1.54) is 0 Å². The van der Waals surface area contributed by atoms with Crippen molar-refractivity contribution < 1.29 is 4.79 Å². The lowest BCUT2D eigenvalue weighted by molar-refractivity contribution is -0.119. The fourth-order valence-corrected chi connectivity index (χ4v) is 2.18. The standard InChI is InChI=1S/C11H16N4O/c12-8-7-14-5-4-9(8)15-6-2-1-3-10(15)11(13)16/h4-5,7,10H,1-3,6,12H2,(H2,13,16). The van der Waals surface area contributed by atoms with Crippen LogP contribution in [0.15, 0.2) is 18.5 Å². The number of nitrogen functional groups attached to an aromatic ring is 1. The minimum absolute atomic E-state index is 0.238. The van der Waals surface area contributed by atoms with Crippen LogP contribution in [0.1, 0.15) is 19.3 Å². The third kappa shape index (κ3) is 1.93. The molecule has 1 aromatic heterocycles. The molecule has 0 saturated carbocycles. The van der Waals surface area contributed by atoms with Crippen LogP contribution in [0.5, 0.6) is 0 Å². The maximum atomic E-state index is 11.4. The predicted molar refractivity (Wildman–Crippen MR) is 62.8 cm³/mol. The fraction of sp³-hybridized carbons (Fsp3) is 0.455. The van der Waals surface area contributed by atoms with Gasteiger partial charge >= 0.3 is 0 Å². The van der Waals surface area contributed by atoms with E-state index in [0.717, 1.165) is 31.5 Å². The second-order valence-corrected chi connectivity index (χ2v) is 4.04. The first-order chi connectivity index (χ1) is 7.70. The van der Waals surface area contributed by atoms with Crippen molar-refractivity contribution in [2.75, 3.05) is 17.2 Å². The zero-order chi connectivity index (χ0) is 11.5. The second kappa shape index (κ2) is 4.38. The molecule has 4 N–H and O–H groups in total. The Hall–Kier alpha value is -1.78. The molecule has 0 aromatic carbocycles. The summed E-state index contributed by atoms with van der Waals surface area (Å²) in [6, 6.07) is 1.59. The number of nitrogens with zero attached hydrogens (tertiary/aromatic N) is 2. The van der Waals surface area contributed by atoms with E-state index in [9.17, 15) is 4.79 Å². The van der Waals surface area contributed by atoms with Crippen molar-refractivity contribution in [1.29, 1.82) is 0 Å². The molecule has 0 bridgehead atoms. The predicted octanol–water partition coefficient (Wildman–Crippen LogP) is 0.508. The zero-order valence-electron chi connectivity index (χ0n) is 9.10. The van der Waals surface area contributed by atoms with Crippen molar-refractivity contribution >= 4 is 17.3 Å². The van der Waals surface area contributed by atoms with Crippen LogP contribution < -0.4 is 16.4 Å². The molecule has 5 nitrogen and oxygen atoms in total. The lowest BCUT2D eigenvalue weighted by Gasteiger charge is -2.36. The maximum absolute atomic E-state index is 11.4. The third-order valence-electron chi connectivity index (χ3n) is 2.97. The fourth-order valence-electron chi connectivity index (χ4n) is 2.18. The highest BCUT2D eigenvalue weighted by atomic mass is 16.1. The molecule has 5 heteroatoms. The van der Waals surface area contributed by atoms with Crippen LogP contribution in [0.4, 0.5) is 11.4 Å². The Balaban J connectivity index is 2.30. The zero-order valence-corrected chi connectivity index (χ0v) is 9.10. The number of aromatic nitrogens is 1. The molecule has 0 aliphatic carbocycles. The van der Waals surface area contributed by atoms with Gasteiger partial charge in [-0.3, -0.25) is 9.78 Å². The highest BCUT2D eigenvalue weighted by molar-refractivity contribution is 5.85. The van der Waals surface area contributed by atoms with E-state index >= 15 is 0 Å². The Morgan fingerprint density at radius 2 is 2.31 bits per heavy atom. The van der Waals surface area contributed by atoms with Crippen LogP contribution in [0.3, 0.4) is 0 Å². The van der Waals surface area contributed by atoms with Gasteiger partial charge in [-0.05, 0) is 25.3 Å². The third-order valence-corrected chi connectivity index (χ3v) is 2.97. The first kappa shape index (κ1) is 10.7. The van der Waals surface area contributed by atoms with E-state index in [1.54, 1.807) is 12.4 Å². The van der Waals surface area contributed by atoms with Gasteiger partial charge in [0.05, 0.1) is 17.6 Å². The first-order valence-corrected chi connectivity index (χ1v) is 5.45. The quantitative estimate of drug-likeness (QED) is 0.760. The van der Waals surface area contributed by atoms with Crippen molar-refractivity contribution in [2.24, 2.45) is 5.73 Å². The monoisotopic (exact) mass is 220 g/mol. The van der Waals surface area contributed by atoms with Gasteiger partial charge in [0.2, 0.25) is 5.91 Å². The van der Waals surface area contributed by atoms with E-state index < -0.39 is 0 Å².